The van der Waals surface area contributed by atoms with Gasteiger partial charge in [-0.25, -0.2) is 0 Å². The van der Waals surface area contributed by atoms with Crippen LogP contribution in [0.5, 0.6) is 0 Å². The first-order valence-electron chi connectivity index (χ1n) is 5.88. The minimum Gasteiger partial charge on any atom is -0.481 e. The van der Waals surface area contributed by atoms with Crippen molar-refractivity contribution in [2.24, 2.45) is 0 Å². The average Bonchev–Trinajstić information content (AvgIpc) is 2.92. The smallest absolute Gasteiger partial charge is 0.305 e. The van der Waals surface area contributed by atoms with Crippen molar-refractivity contribution in [1.82, 2.24) is 5.32 Å². The Morgan fingerprint density at radius 3 is 2.60 bits per heavy atom. The summed E-state index contributed by atoms with van der Waals surface area (Å²) in [5, 5.41) is 13.9. The van der Waals surface area contributed by atoms with Gasteiger partial charge in [0.2, 0.25) is 0 Å². The monoisotopic (exact) mass is 309 g/mol. The summed E-state index contributed by atoms with van der Waals surface area (Å²) >= 11 is 7.37. The van der Waals surface area contributed by atoms with Crippen molar-refractivity contribution in [2.75, 3.05) is 0 Å². The van der Waals surface area contributed by atoms with Gasteiger partial charge in [-0.1, -0.05) is 35.9 Å². The Bertz CT molecular complexity index is 613. The molecule has 0 radical (unpaired) electrons. The van der Waals surface area contributed by atoms with Gasteiger partial charge in [0, 0.05) is 5.02 Å². The molecule has 4 nitrogen and oxygen atoms in total. The molecule has 0 bridgehead atoms. The Morgan fingerprint density at radius 1 is 1.25 bits per heavy atom. The summed E-state index contributed by atoms with van der Waals surface area (Å²) in [7, 11) is 0. The first kappa shape index (κ1) is 14.6. The van der Waals surface area contributed by atoms with Gasteiger partial charge in [0.25, 0.3) is 5.91 Å². The maximum absolute atomic E-state index is 12.0. The van der Waals surface area contributed by atoms with Gasteiger partial charge in [0.1, 0.15) is 0 Å². The molecule has 1 aromatic heterocycles. The van der Waals surface area contributed by atoms with E-state index in [4.69, 9.17) is 16.7 Å². The number of aliphatic carboxylic acids is 1. The van der Waals surface area contributed by atoms with Crippen molar-refractivity contribution in [3.05, 3.63) is 57.2 Å². The minimum atomic E-state index is -0.999. The number of halogens is 1. The van der Waals surface area contributed by atoms with Crippen LogP contribution in [0.4, 0.5) is 0 Å². The number of hydrogen-bond acceptors (Lipinski definition) is 3. The lowest BCUT2D eigenvalue weighted by atomic mass is 10.0. The Morgan fingerprint density at radius 2 is 2.00 bits per heavy atom. The Labute approximate surface area is 125 Å². The summed E-state index contributed by atoms with van der Waals surface area (Å²) < 4.78 is 0. The number of carboxylic acids is 1. The summed E-state index contributed by atoms with van der Waals surface area (Å²) in [5.74, 6) is -1.30. The highest BCUT2D eigenvalue weighted by molar-refractivity contribution is 7.12. The van der Waals surface area contributed by atoms with Gasteiger partial charge in [-0.05, 0) is 23.1 Å². The van der Waals surface area contributed by atoms with Gasteiger partial charge in [0.05, 0.1) is 17.3 Å². The number of benzene rings is 1. The Balaban J connectivity index is 2.22. The van der Waals surface area contributed by atoms with E-state index in [1.54, 1.807) is 41.8 Å². The molecule has 1 heterocycles. The summed E-state index contributed by atoms with van der Waals surface area (Å²) in [4.78, 5) is 23.6. The second-order valence-corrected chi connectivity index (χ2v) is 5.48. The van der Waals surface area contributed by atoms with Crippen LogP contribution in [0.25, 0.3) is 0 Å². The van der Waals surface area contributed by atoms with E-state index in [-0.39, 0.29) is 12.3 Å². The molecule has 0 aliphatic rings. The third-order valence-corrected chi connectivity index (χ3v) is 3.92. The fourth-order valence-electron chi connectivity index (χ4n) is 1.81. The van der Waals surface area contributed by atoms with Crippen LogP contribution in [0.3, 0.4) is 0 Å². The van der Waals surface area contributed by atoms with E-state index in [1.807, 2.05) is 0 Å². The molecule has 0 fully saturated rings. The number of carbonyl (C=O) groups is 2. The molecule has 0 aliphatic carbocycles. The zero-order chi connectivity index (χ0) is 14.5. The van der Waals surface area contributed by atoms with E-state index in [9.17, 15) is 9.59 Å². The van der Waals surface area contributed by atoms with Crippen LogP contribution in [0.15, 0.2) is 41.8 Å². The van der Waals surface area contributed by atoms with E-state index in [2.05, 4.69) is 5.32 Å². The number of thiophene rings is 1. The number of carboxylic acid groups (broad SMARTS) is 1. The molecule has 20 heavy (non-hydrogen) atoms. The van der Waals surface area contributed by atoms with E-state index in [0.717, 1.165) is 0 Å². The second-order valence-electron chi connectivity index (χ2n) is 4.12. The van der Waals surface area contributed by atoms with Gasteiger partial charge in [-0.15, -0.1) is 11.3 Å². The van der Waals surface area contributed by atoms with Crippen LogP contribution in [0.1, 0.15) is 27.7 Å². The SMILES string of the molecule is O=C(O)CC(NC(=O)c1cccs1)c1ccccc1Cl. The molecule has 6 heteroatoms. The van der Waals surface area contributed by atoms with Gasteiger partial charge in [-0.2, -0.15) is 0 Å². The molecule has 0 saturated carbocycles. The van der Waals surface area contributed by atoms with Crippen LogP contribution in [0, 0.1) is 0 Å². The molecular formula is C14H12ClNO3S. The first-order chi connectivity index (χ1) is 9.58. The normalized spacial score (nSPS) is 11.8. The highest BCUT2D eigenvalue weighted by atomic mass is 35.5. The number of nitrogens with one attached hydrogen (secondary N) is 1. The molecule has 1 aromatic carbocycles. The van der Waals surface area contributed by atoms with E-state index in [0.29, 0.717) is 15.5 Å². The predicted molar refractivity (Wildman–Crippen MR) is 78.2 cm³/mol. The standard InChI is InChI=1S/C14H12ClNO3S/c15-10-5-2-1-4-9(10)11(8-13(17)18)16-14(19)12-6-3-7-20-12/h1-7,11H,8H2,(H,16,19)(H,17,18). The number of amides is 1. The quantitative estimate of drug-likeness (QED) is 0.890. The fraction of sp³-hybridized carbons (Fsp3) is 0.143. The highest BCUT2D eigenvalue weighted by Crippen LogP contribution is 2.25. The lowest BCUT2D eigenvalue weighted by molar-refractivity contribution is -0.137. The van der Waals surface area contributed by atoms with Crippen molar-refractivity contribution < 1.29 is 14.7 Å². The summed E-state index contributed by atoms with van der Waals surface area (Å²) in [5.41, 5.74) is 0.599. The van der Waals surface area contributed by atoms with Gasteiger partial charge in [-0.3, -0.25) is 9.59 Å². The van der Waals surface area contributed by atoms with Crippen molar-refractivity contribution in [2.45, 2.75) is 12.5 Å². The number of carbonyl (C=O) groups excluding carboxylic acids is 1. The zero-order valence-electron chi connectivity index (χ0n) is 10.4. The van der Waals surface area contributed by atoms with Gasteiger partial charge < -0.3 is 10.4 Å². The highest BCUT2D eigenvalue weighted by Gasteiger charge is 2.21. The lowest BCUT2D eigenvalue weighted by Crippen LogP contribution is -2.29. The van der Waals surface area contributed by atoms with E-state index in [1.165, 1.54) is 11.3 Å². The zero-order valence-corrected chi connectivity index (χ0v) is 11.9. The van der Waals surface area contributed by atoms with Crippen LogP contribution < -0.4 is 5.32 Å². The third-order valence-electron chi connectivity index (χ3n) is 2.71. The molecule has 1 atom stereocenters. The molecule has 2 rings (SSSR count). The summed E-state index contributed by atoms with van der Waals surface area (Å²) in [6, 6.07) is 9.69. The lowest BCUT2D eigenvalue weighted by Gasteiger charge is -2.18. The van der Waals surface area contributed by atoms with Crippen molar-refractivity contribution in [3.63, 3.8) is 0 Å². The topological polar surface area (TPSA) is 66.4 Å². The van der Waals surface area contributed by atoms with Crippen molar-refractivity contribution in [1.29, 1.82) is 0 Å². The molecule has 0 spiro atoms. The minimum absolute atomic E-state index is 0.221. The number of hydrogen-bond donors (Lipinski definition) is 2. The molecule has 1 amide bonds. The summed E-state index contributed by atoms with van der Waals surface area (Å²) in [6.07, 6.45) is -0.221. The molecular weight excluding hydrogens is 298 g/mol. The van der Waals surface area contributed by atoms with Crippen LogP contribution >= 0.6 is 22.9 Å². The molecule has 104 valence electrons. The van der Waals surface area contributed by atoms with E-state index < -0.39 is 12.0 Å². The maximum atomic E-state index is 12.0. The van der Waals surface area contributed by atoms with Gasteiger partial charge in [0.15, 0.2) is 0 Å². The van der Waals surface area contributed by atoms with Crippen molar-refractivity contribution >= 4 is 34.8 Å². The Kier molecular flexibility index (Phi) is 4.76. The van der Waals surface area contributed by atoms with Crippen molar-refractivity contribution in [3.8, 4) is 0 Å². The molecule has 0 aliphatic heterocycles. The van der Waals surface area contributed by atoms with Gasteiger partial charge >= 0.3 is 5.97 Å². The van der Waals surface area contributed by atoms with E-state index >= 15 is 0 Å². The molecule has 2 aromatic rings. The van der Waals surface area contributed by atoms with Crippen LogP contribution in [-0.4, -0.2) is 17.0 Å². The first-order valence-corrected chi connectivity index (χ1v) is 7.14. The predicted octanol–water partition coefficient (Wildman–Crippen LogP) is 3.35. The molecule has 1 unspecified atom stereocenters. The fourth-order valence-corrected chi connectivity index (χ4v) is 2.70. The average molecular weight is 310 g/mol. The van der Waals surface area contributed by atoms with Crippen LogP contribution in [-0.2, 0) is 4.79 Å². The number of rotatable bonds is 5. The largest absolute Gasteiger partial charge is 0.481 e. The summed E-state index contributed by atoms with van der Waals surface area (Å²) in [6.45, 7) is 0. The molecule has 2 N–H and O–H groups in total. The Hall–Kier alpha value is -1.85. The second kappa shape index (κ2) is 6.54. The third kappa shape index (κ3) is 3.59. The van der Waals surface area contributed by atoms with Crippen LogP contribution in [0.2, 0.25) is 5.02 Å². The maximum Gasteiger partial charge on any atom is 0.305 e. The molecule has 0 saturated heterocycles.